The summed E-state index contributed by atoms with van der Waals surface area (Å²) in [5.74, 6) is 1.87. The van der Waals surface area contributed by atoms with Gasteiger partial charge in [-0.15, -0.1) is 0 Å². The van der Waals surface area contributed by atoms with E-state index in [9.17, 15) is 0 Å². The Morgan fingerprint density at radius 1 is 1.27 bits per heavy atom. The molecule has 0 amide bonds. The molecule has 1 fully saturated rings. The minimum absolute atomic E-state index is 0.0678. The molecule has 0 aliphatic heterocycles. The second kappa shape index (κ2) is 5.86. The van der Waals surface area contributed by atoms with E-state index in [1.54, 1.807) is 0 Å². The zero-order valence-corrected chi connectivity index (χ0v) is 10.8. The summed E-state index contributed by atoms with van der Waals surface area (Å²) >= 11 is 0. The van der Waals surface area contributed by atoms with Gasteiger partial charge in [0.2, 0.25) is 0 Å². The molecule has 0 aromatic rings. The summed E-state index contributed by atoms with van der Waals surface area (Å²) in [5.41, 5.74) is 0.0678. The molecule has 1 aliphatic carbocycles. The fourth-order valence-corrected chi connectivity index (χ4v) is 2.25. The fourth-order valence-electron chi connectivity index (χ4n) is 2.25. The van der Waals surface area contributed by atoms with Crippen molar-refractivity contribution in [2.24, 2.45) is 11.8 Å². The van der Waals surface area contributed by atoms with E-state index in [0.717, 1.165) is 18.4 Å². The lowest BCUT2D eigenvalue weighted by atomic mass is 9.70. The molecule has 0 spiro atoms. The maximum Gasteiger partial charge on any atom is 0.0622 e. The van der Waals surface area contributed by atoms with Crippen LogP contribution in [-0.2, 0) is 4.74 Å². The first-order valence-corrected chi connectivity index (χ1v) is 6.35. The van der Waals surface area contributed by atoms with Gasteiger partial charge in [0.15, 0.2) is 0 Å². The summed E-state index contributed by atoms with van der Waals surface area (Å²) in [6, 6.07) is 0. The molecule has 2 unspecified atom stereocenters. The molecule has 2 heteroatoms. The van der Waals surface area contributed by atoms with Gasteiger partial charge in [-0.3, -0.25) is 0 Å². The second-order valence-electron chi connectivity index (χ2n) is 5.41. The number of hydrogen-bond acceptors (Lipinski definition) is 2. The van der Waals surface area contributed by atoms with Gasteiger partial charge in [0, 0.05) is 7.11 Å². The van der Waals surface area contributed by atoms with Gasteiger partial charge in [0.1, 0.15) is 0 Å². The highest BCUT2D eigenvalue weighted by atomic mass is 16.5. The maximum atomic E-state index is 5.46. The highest BCUT2D eigenvalue weighted by molar-refractivity contribution is 4.84. The molecule has 0 radical (unpaired) electrons. The lowest BCUT2D eigenvalue weighted by molar-refractivity contribution is 0.00209. The Bertz CT molecular complexity index is 179. The van der Waals surface area contributed by atoms with E-state index in [1.807, 2.05) is 7.11 Å². The molecular formula is C13H27NO. The zero-order valence-electron chi connectivity index (χ0n) is 10.8. The largest absolute Gasteiger partial charge is 0.379 e. The van der Waals surface area contributed by atoms with E-state index < -0.39 is 0 Å². The summed E-state index contributed by atoms with van der Waals surface area (Å²) in [6.07, 6.45) is 5.37. The van der Waals surface area contributed by atoms with Crippen LogP contribution in [0.15, 0.2) is 0 Å². The van der Waals surface area contributed by atoms with E-state index in [4.69, 9.17) is 4.74 Å². The van der Waals surface area contributed by atoms with Gasteiger partial charge in [0.25, 0.3) is 0 Å². The molecule has 1 aliphatic rings. The van der Waals surface area contributed by atoms with E-state index in [-0.39, 0.29) is 5.60 Å². The van der Waals surface area contributed by atoms with Crippen LogP contribution < -0.4 is 5.32 Å². The molecule has 1 N–H and O–H groups in total. The van der Waals surface area contributed by atoms with Crippen LogP contribution >= 0.6 is 0 Å². The molecule has 15 heavy (non-hydrogen) atoms. The molecule has 0 heterocycles. The Balaban J connectivity index is 2.16. The lowest BCUT2D eigenvalue weighted by Crippen LogP contribution is -2.36. The summed E-state index contributed by atoms with van der Waals surface area (Å²) in [4.78, 5) is 0. The van der Waals surface area contributed by atoms with Crippen LogP contribution in [0.1, 0.15) is 46.5 Å². The molecular weight excluding hydrogens is 186 g/mol. The van der Waals surface area contributed by atoms with Crippen molar-refractivity contribution in [1.82, 2.24) is 5.32 Å². The minimum Gasteiger partial charge on any atom is -0.379 e. The van der Waals surface area contributed by atoms with Crippen molar-refractivity contribution in [3.63, 3.8) is 0 Å². The predicted molar refractivity (Wildman–Crippen MR) is 65.1 cm³/mol. The Kier molecular flexibility index (Phi) is 5.07. The van der Waals surface area contributed by atoms with E-state index in [2.05, 4.69) is 26.1 Å². The molecule has 90 valence electrons. The summed E-state index contributed by atoms with van der Waals surface area (Å²) < 4.78 is 5.46. The number of nitrogens with one attached hydrogen (secondary N) is 1. The Morgan fingerprint density at radius 2 is 1.93 bits per heavy atom. The number of hydrogen-bond donors (Lipinski definition) is 1. The predicted octanol–water partition coefficient (Wildman–Crippen LogP) is 2.83. The van der Waals surface area contributed by atoms with Crippen molar-refractivity contribution in [2.45, 2.75) is 52.1 Å². The maximum absolute atomic E-state index is 5.46. The summed E-state index contributed by atoms with van der Waals surface area (Å²) in [5, 5.41) is 3.46. The molecule has 0 saturated heterocycles. The first-order valence-electron chi connectivity index (χ1n) is 6.35. The van der Waals surface area contributed by atoms with Crippen LogP contribution in [0.2, 0.25) is 0 Å². The average molecular weight is 213 g/mol. The van der Waals surface area contributed by atoms with Crippen LogP contribution in [0, 0.1) is 11.8 Å². The normalized spacial score (nSPS) is 26.4. The van der Waals surface area contributed by atoms with Gasteiger partial charge >= 0.3 is 0 Å². The van der Waals surface area contributed by atoms with Gasteiger partial charge in [0.05, 0.1) is 5.60 Å². The number of ether oxygens (including phenoxy) is 1. The highest BCUT2D eigenvalue weighted by Crippen LogP contribution is 2.38. The van der Waals surface area contributed by atoms with Crippen molar-refractivity contribution >= 4 is 0 Å². The quantitative estimate of drug-likeness (QED) is 0.702. The Hall–Kier alpha value is -0.0800. The standard InChI is InChI=1S/C13H27NO/c1-5-14-10-12-7-6-11(12)8-9-13(2,3)15-4/h11-12,14H,5-10H2,1-4H3. The number of rotatable bonds is 7. The van der Waals surface area contributed by atoms with Crippen LogP contribution in [0.5, 0.6) is 0 Å². The molecule has 0 bridgehead atoms. The first-order chi connectivity index (χ1) is 7.09. The SMILES string of the molecule is CCNCC1CCC1CCC(C)(C)OC. The third-order valence-electron chi connectivity index (χ3n) is 3.90. The van der Waals surface area contributed by atoms with Gasteiger partial charge in [-0.1, -0.05) is 6.92 Å². The lowest BCUT2D eigenvalue weighted by Gasteiger charge is -2.38. The Labute approximate surface area is 94.8 Å². The third kappa shape index (κ3) is 4.12. The van der Waals surface area contributed by atoms with Crippen LogP contribution in [0.4, 0.5) is 0 Å². The highest BCUT2D eigenvalue weighted by Gasteiger charge is 2.31. The van der Waals surface area contributed by atoms with Crippen molar-refractivity contribution in [3.8, 4) is 0 Å². The van der Waals surface area contributed by atoms with Gasteiger partial charge in [-0.05, 0) is 64.5 Å². The smallest absolute Gasteiger partial charge is 0.0622 e. The second-order valence-corrected chi connectivity index (χ2v) is 5.41. The van der Waals surface area contributed by atoms with Gasteiger partial charge in [-0.2, -0.15) is 0 Å². The fraction of sp³-hybridized carbons (Fsp3) is 1.00. The number of methoxy groups -OCH3 is 1. The van der Waals surface area contributed by atoms with Crippen molar-refractivity contribution in [3.05, 3.63) is 0 Å². The topological polar surface area (TPSA) is 21.3 Å². The minimum atomic E-state index is 0.0678. The van der Waals surface area contributed by atoms with Crippen molar-refractivity contribution in [2.75, 3.05) is 20.2 Å². The summed E-state index contributed by atoms with van der Waals surface area (Å²) in [6.45, 7) is 8.87. The molecule has 0 aromatic heterocycles. The zero-order chi connectivity index (χ0) is 11.3. The third-order valence-corrected chi connectivity index (χ3v) is 3.90. The monoisotopic (exact) mass is 213 g/mol. The molecule has 1 rings (SSSR count). The molecule has 0 aromatic carbocycles. The van der Waals surface area contributed by atoms with Crippen molar-refractivity contribution in [1.29, 1.82) is 0 Å². The van der Waals surface area contributed by atoms with E-state index >= 15 is 0 Å². The van der Waals surface area contributed by atoms with Crippen molar-refractivity contribution < 1.29 is 4.74 Å². The Morgan fingerprint density at radius 3 is 2.40 bits per heavy atom. The van der Waals surface area contributed by atoms with Crippen LogP contribution in [0.3, 0.4) is 0 Å². The molecule has 1 saturated carbocycles. The van der Waals surface area contributed by atoms with E-state index in [0.29, 0.717) is 0 Å². The summed E-state index contributed by atoms with van der Waals surface area (Å²) in [7, 11) is 1.82. The van der Waals surface area contributed by atoms with E-state index in [1.165, 1.54) is 32.2 Å². The van der Waals surface area contributed by atoms with Gasteiger partial charge in [-0.25, -0.2) is 0 Å². The molecule has 2 atom stereocenters. The molecule has 2 nitrogen and oxygen atoms in total. The average Bonchev–Trinajstić information content (AvgIpc) is 2.17. The first kappa shape index (κ1) is 13.0. The van der Waals surface area contributed by atoms with Crippen LogP contribution in [0.25, 0.3) is 0 Å². The van der Waals surface area contributed by atoms with Crippen LogP contribution in [-0.4, -0.2) is 25.8 Å². The van der Waals surface area contributed by atoms with Gasteiger partial charge < -0.3 is 10.1 Å².